The molecule has 1 aliphatic heterocycles. The number of rotatable bonds is 5. The highest BCUT2D eigenvalue weighted by Crippen LogP contribution is 2.40. The largest absolute Gasteiger partial charge is 0.497 e. The van der Waals surface area contributed by atoms with E-state index in [1.54, 1.807) is 14.2 Å². The van der Waals surface area contributed by atoms with Crippen molar-refractivity contribution >= 4 is 0 Å². The SMILES string of the molecule is COc1ccc(C(O)(c2ccc(OC)cc2)[C@@H]2CCNC2)cc1. The van der Waals surface area contributed by atoms with Gasteiger partial charge in [-0.3, -0.25) is 0 Å². The topological polar surface area (TPSA) is 50.7 Å². The summed E-state index contributed by atoms with van der Waals surface area (Å²) in [5.41, 5.74) is 0.747. The average Bonchev–Trinajstić information content (AvgIpc) is 3.16. The van der Waals surface area contributed by atoms with E-state index in [2.05, 4.69) is 5.32 Å². The van der Waals surface area contributed by atoms with Crippen LogP contribution in [0.4, 0.5) is 0 Å². The second kappa shape index (κ2) is 6.60. The van der Waals surface area contributed by atoms with Gasteiger partial charge in [0.15, 0.2) is 0 Å². The van der Waals surface area contributed by atoms with Gasteiger partial charge >= 0.3 is 0 Å². The van der Waals surface area contributed by atoms with Gasteiger partial charge in [-0.05, 0) is 48.4 Å². The molecule has 0 bridgehead atoms. The van der Waals surface area contributed by atoms with E-state index in [9.17, 15) is 5.11 Å². The van der Waals surface area contributed by atoms with Crippen LogP contribution in [-0.4, -0.2) is 32.4 Å². The lowest BCUT2D eigenvalue weighted by Crippen LogP contribution is -2.37. The van der Waals surface area contributed by atoms with Crippen LogP contribution in [0.2, 0.25) is 0 Å². The van der Waals surface area contributed by atoms with Gasteiger partial charge in [-0.2, -0.15) is 0 Å². The Labute approximate surface area is 137 Å². The molecule has 1 heterocycles. The Kier molecular flexibility index (Phi) is 4.55. The summed E-state index contributed by atoms with van der Waals surface area (Å²) in [6.45, 7) is 1.73. The molecule has 0 unspecified atom stereocenters. The van der Waals surface area contributed by atoms with Crippen molar-refractivity contribution < 1.29 is 14.6 Å². The summed E-state index contributed by atoms with van der Waals surface area (Å²) in [7, 11) is 3.29. The van der Waals surface area contributed by atoms with Crippen LogP contribution in [-0.2, 0) is 5.60 Å². The Balaban J connectivity index is 2.04. The lowest BCUT2D eigenvalue weighted by atomic mass is 9.75. The van der Waals surface area contributed by atoms with Crippen LogP contribution in [0.1, 0.15) is 17.5 Å². The molecule has 122 valence electrons. The maximum Gasteiger partial charge on any atom is 0.119 e. The third-order valence-electron chi connectivity index (χ3n) is 4.71. The van der Waals surface area contributed by atoms with E-state index in [-0.39, 0.29) is 5.92 Å². The molecule has 2 aromatic rings. The molecular weight excluding hydrogens is 290 g/mol. The summed E-state index contributed by atoms with van der Waals surface area (Å²) in [4.78, 5) is 0. The molecule has 2 N–H and O–H groups in total. The molecule has 4 heteroatoms. The quantitative estimate of drug-likeness (QED) is 0.891. The molecular formula is C19H23NO3. The van der Waals surface area contributed by atoms with Gasteiger partial charge in [-0.1, -0.05) is 24.3 Å². The van der Waals surface area contributed by atoms with Crippen molar-refractivity contribution in [3.05, 3.63) is 59.7 Å². The third kappa shape index (κ3) is 2.92. The number of hydrogen-bond acceptors (Lipinski definition) is 4. The van der Waals surface area contributed by atoms with Crippen LogP contribution in [0.15, 0.2) is 48.5 Å². The minimum Gasteiger partial charge on any atom is -0.497 e. The summed E-state index contributed by atoms with van der Waals surface area (Å²) in [5.74, 6) is 1.70. The summed E-state index contributed by atoms with van der Waals surface area (Å²) in [6.07, 6.45) is 0.939. The van der Waals surface area contributed by atoms with Crippen LogP contribution in [0.3, 0.4) is 0 Å². The zero-order chi connectivity index (χ0) is 16.3. The van der Waals surface area contributed by atoms with E-state index in [0.29, 0.717) is 0 Å². The minimum atomic E-state index is -1.03. The third-order valence-corrected chi connectivity index (χ3v) is 4.71. The van der Waals surface area contributed by atoms with Gasteiger partial charge in [-0.25, -0.2) is 0 Å². The highest BCUT2D eigenvalue weighted by Gasteiger charge is 2.41. The molecule has 0 spiro atoms. The van der Waals surface area contributed by atoms with Crippen LogP contribution >= 0.6 is 0 Å². The Hall–Kier alpha value is -2.04. The molecule has 1 fully saturated rings. The van der Waals surface area contributed by atoms with Crippen LogP contribution in [0, 0.1) is 5.92 Å². The van der Waals surface area contributed by atoms with Crippen LogP contribution in [0.5, 0.6) is 11.5 Å². The van der Waals surface area contributed by atoms with Gasteiger partial charge in [0, 0.05) is 12.5 Å². The number of ether oxygens (including phenoxy) is 2. The van der Waals surface area contributed by atoms with Crippen molar-refractivity contribution in [1.82, 2.24) is 5.32 Å². The van der Waals surface area contributed by atoms with Gasteiger partial charge in [0.1, 0.15) is 17.1 Å². The molecule has 1 atom stereocenters. The van der Waals surface area contributed by atoms with Gasteiger partial charge in [0.25, 0.3) is 0 Å². The number of nitrogens with one attached hydrogen (secondary N) is 1. The number of aliphatic hydroxyl groups is 1. The monoisotopic (exact) mass is 313 g/mol. The summed E-state index contributed by atoms with van der Waals surface area (Å²) >= 11 is 0. The Morgan fingerprint density at radius 1 is 0.913 bits per heavy atom. The van der Waals surface area contributed by atoms with Gasteiger partial charge in [0.2, 0.25) is 0 Å². The normalized spacial score (nSPS) is 18.0. The zero-order valence-corrected chi connectivity index (χ0v) is 13.6. The lowest BCUT2D eigenvalue weighted by Gasteiger charge is -2.35. The number of benzene rings is 2. The van der Waals surface area contributed by atoms with E-state index in [1.807, 2.05) is 48.5 Å². The standard InChI is InChI=1S/C19H23NO3/c1-22-17-7-3-14(4-8-17)19(21,16-11-12-20-13-16)15-5-9-18(23-2)10-6-15/h3-10,16,20-21H,11-13H2,1-2H3/t16-/m1/s1. The molecule has 23 heavy (non-hydrogen) atoms. The summed E-state index contributed by atoms with van der Waals surface area (Å²) < 4.78 is 10.5. The van der Waals surface area contributed by atoms with Gasteiger partial charge in [-0.15, -0.1) is 0 Å². The molecule has 0 saturated carbocycles. The minimum absolute atomic E-state index is 0.129. The highest BCUT2D eigenvalue weighted by atomic mass is 16.5. The molecule has 0 amide bonds. The van der Waals surface area contributed by atoms with E-state index < -0.39 is 5.60 Å². The van der Waals surface area contributed by atoms with E-state index in [0.717, 1.165) is 42.1 Å². The van der Waals surface area contributed by atoms with Crippen molar-refractivity contribution in [2.45, 2.75) is 12.0 Å². The number of hydrogen-bond donors (Lipinski definition) is 2. The predicted molar refractivity (Wildman–Crippen MR) is 90.0 cm³/mol. The van der Waals surface area contributed by atoms with Crippen LogP contribution in [0.25, 0.3) is 0 Å². The highest BCUT2D eigenvalue weighted by molar-refractivity contribution is 5.42. The Morgan fingerprint density at radius 2 is 1.39 bits per heavy atom. The fourth-order valence-corrected chi connectivity index (χ4v) is 3.34. The zero-order valence-electron chi connectivity index (χ0n) is 13.6. The van der Waals surface area contributed by atoms with Crippen molar-refractivity contribution in [2.24, 2.45) is 5.92 Å². The molecule has 4 nitrogen and oxygen atoms in total. The van der Waals surface area contributed by atoms with Crippen molar-refractivity contribution in [2.75, 3.05) is 27.3 Å². The van der Waals surface area contributed by atoms with E-state index >= 15 is 0 Å². The molecule has 0 aliphatic carbocycles. The maximum absolute atomic E-state index is 11.7. The fourth-order valence-electron chi connectivity index (χ4n) is 3.34. The van der Waals surface area contributed by atoms with Crippen molar-refractivity contribution in [1.29, 1.82) is 0 Å². The molecule has 1 saturated heterocycles. The first-order chi connectivity index (χ1) is 11.2. The van der Waals surface area contributed by atoms with Crippen molar-refractivity contribution in [3.63, 3.8) is 0 Å². The van der Waals surface area contributed by atoms with Crippen molar-refractivity contribution in [3.8, 4) is 11.5 Å². The predicted octanol–water partition coefficient (Wildman–Crippen LogP) is 2.55. The van der Waals surface area contributed by atoms with Gasteiger partial charge < -0.3 is 19.9 Å². The summed E-state index contributed by atoms with van der Waals surface area (Å²) in [6, 6.07) is 15.4. The van der Waals surface area contributed by atoms with Gasteiger partial charge in [0.05, 0.1) is 14.2 Å². The molecule has 3 rings (SSSR count). The molecule has 2 aromatic carbocycles. The second-order valence-corrected chi connectivity index (χ2v) is 5.91. The van der Waals surface area contributed by atoms with Crippen LogP contribution < -0.4 is 14.8 Å². The average molecular weight is 313 g/mol. The molecule has 1 aliphatic rings. The fraction of sp³-hybridized carbons (Fsp3) is 0.368. The Bertz CT molecular complexity index is 583. The smallest absolute Gasteiger partial charge is 0.119 e. The van der Waals surface area contributed by atoms with E-state index in [1.165, 1.54) is 0 Å². The number of methoxy groups -OCH3 is 2. The second-order valence-electron chi connectivity index (χ2n) is 5.91. The van der Waals surface area contributed by atoms with E-state index in [4.69, 9.17) is 9.47 Å². The Morgan fingerprint density at radius 3 is 1.74 bits per heavy atom. The first-order valence-corrected chi connectivity index (χ1v) is 7.90. The molecule has 0 radical (unpaired) electrons. The first-order valence-electron chi connectivity index (χ1n) is 7.90. The molecule has 0 aromatic heterocycles. The first kappa shape index (κ1) is 15.8. The maximum atomic E-state index is 11.7. The lowest BCUT2D eigenvalue weighted by molar-refractivity contribution is 0.0245. The summed E-state index contributed by atoms with van der Waals surface area (Å²) in [5, 5.41) is 15.0.